The Morgan fingerprint density at radius 2 is 2.21 bits per heavy atom. The van der Waals surface area contributed by atoms with Crippen molar-refractivity contribution in [2.75, 3.05) is 6.54 Å². The van der Waals surface area contributed by atoms with E-state index in [2.05, 4.69) is 25.8 Å². The van der Waals surface area contributed by atoms with Crippen molar-refractivity contribution in [1.29, 1.82) is 0 Å². The number of rotatable bonds is 3. The molecule has 2 nitrogen and oxygen atoms in total. The van der Waals surface area contributed by atoms with Gasteiger partial charge in [0.05, 0.1) is 0 Å². The van der Waals surface area contributed by atoms with Gasteiger partial charge in [-0.05, 0) is 25.8 Å². The van der Waals surface area contributed by atoms with E-state index in [1.807, 2.05) is 6.08 Å². The first-order valence-electron chi connectivity index (χ1n) is 5.30. The van der Waals surface area contributed by atoms with Gasteiger partial charge in [-0.2, -0.15) is 0 Å². The van der Waals surface area contributed by atoms with Crippen LogP contribution in [0, 0.1) is 5.41 Å². The molecule has 0 bridgehead atoms. The maximum absolute atomic E-state index is 11.5. The fraction of sp³-hybridized carbons (Fsp3) is 0.667. The third-order valence-electron chi connectivity index (χ3n) is 3.11. The van der Waals surface area contributed by atoms with Crippen LogP contribution in [0.15, 0.2) is 16.6 Å². The lowest BCUT2D eigenvalue weighted by Gasteiger charge is -2.31. The summed E-state index contributed by atoms with van der Waals surface area (Å²) in [6.45, 7) is 8.72. The molecule has 0 spiro atoms. The molecule has 14 heavy (non-hydrogen) atoms. The number of allylic oxidation sites excluding steroid dienone is 1. The Kier molecular flexibility index (Phi) is 3.25. The van der Waals surface area contributed by atoms with E-state index in [0.29, 0.717) is 0 Å². The van der Waals surface area contributed by atoms with Gasteiger partial charge in [-0.3, -0.25) is 9.79 Å². The van der Waals surface area contributed by atoms with Gasteiger partial charge in [0.25, 0.3) is 0 Å². The van der Waals surface area contributed by atoms with Crippen molar-refractivity contribution >= 4 is 11.5 Å². The highest BCUT2D eigenvalue weighted by molar-refractivity contribution is 6.05. The minimum absolute atomic E-state index is 0.0372. The zero-order valence-corrected chi connectivity index (χ0v) is 9.55. The summed E-state index contributed by atoms with van der Waals surface area (Å²) in [4.78, 5) is 16.0. The second kappa shape index (κ2) is 4.07. The smallest absolute Gasteiger partial charge is 0.156 e. The highest BCUT2D eigenvalue weighted by atomic mass is 16.1. The van der Waals surface area contributed by atoms with Gasteiger partial charge in [0.1, 0.15) is 0 Å². The topological polar surface area (TPSA) is 29.4 Å². The summed E-state index contributed by atoms with van der Waals surface area (Å²) < 4.78 is 0. The van der Waals surface area contributed by atoms with E-state index in [1.54, 1.807) is 6.92 Å². The van der Waals surface area contributed by atoms with Gasteiger partial charge in [-0.15, -0.1) is 0 Å². The molecule has 78 valence electrons. The van der Waals surface area contributed by atoms with Crippen LogP contribution in [-0.4, -0.2) is 18.0 Å². The second-order valence-corrected chi connectivity index (χ2v) is 4.19. The predicted octanol–water partition coefficient (Wildman–Crippen LogP) is 2.78. The Morgan fingerprint density at radius 1 is 1.57 bits per heavy atom. The van der Waals surface area contributed by atoms with Gasteiger partial charge in [-0.1, -0.05) is 20.8 Å². The third kappa shape index (κ3) is 1.94. The van der Waals surface area contributed by atoms with E-state index >= 15 is 0 Å². The molecule has 0 aromatic carbocycles. The first-order chi connectivity index (χ1) is 6.53. The van der Waals surface area contributed by atoms with Crippen molar-refractivity contribution < 1.29 is 4.79 Å². The van der Waals surface area contributed by atoms with Crippen LogP contribution >= 0.6 is 0 Å². The van der Waals surface area contributed by atoms with Gasteiger partial charge in [0, 0.05) is 23.2 Å². The number of dihydropyridines is 1. The van der Waals surface area contributed by atoms with Gasteiger partial charge in [-0.25, -0.2) is 0 Å². The monoisotopic (exact) mass is 193 g/mol. The Morgan fingerprint density at radius 3 is 2.64 bits per heavy atom. The summed E-state index contributed by atoms with van der Waals surface area (Å²) in [5.41, 5.74) is 1.97. The fourth-order valence-electron chi connectivity index (χ4n) is 1.79. The molecule has 2 heteroatoms. The maximum Gasteiger partial charge on any atom is 0.156 e. The molecule has 0 aromatic rings. The van der Waals surface area contributed by atoms with Gasteiger partial charge in [0.2, 0.25) is 0 Å². The quantitative estimate of drug-likeness (QED) is 0.677. The maximum atomic E-state index is 11.5. The lowest BCUT2D eigenvalue weighted by molar-refractivity contribution is -0.114. The van der Waals surface area contributed by atoms with E-state index < -0.39 is 0 Å². The molecule has 1 unspecified atom stereocenters. The number of aliphatic imine (C=N–C) groups is 1. The second-order valence-electron chi connectivity index (χ2n) is 4.19. The van der Waals surface area contributed by atoms with Crippen LogP contribution in [-0.2, 0) is 4.79 Å². The molecular formula is C12H19NO. The molecule has 1 heterocycles. The minimum atomic E-state index is -0.0372. The van der Waals surface area contributed by atoms with Crippen molar-refractivity contribution in [3.63, 3.8) is 0 Å². The zero-order chi connectivity index (χ0) is 10.8. The van der Waals surface area contributed by atoms with Crippen molar-refractivity contribution in [1.82, 2.24) is 0 Å². The number of hydrogen-bond acceptors (Lipinski definition) is 2. The molecule has 0 amide bonds. The minimum Gasteiger partial charge on any atom is -0.295 e. The third-order valence-corrected chi connectivity index (χ3v) is 3.11. The number of Topliss-reactive ketones (excluding diaryl/α,β-unsaturated/α-hetero) is 1. The molecule has 0 aliphatic carbocycles. The average molecular weight is 193 g/mol. The molecule has 0 radical (unpaired) electrons. The molecular weight excluding hydrogens is 174 g/mol. The standard InChI is InChI=1S/C12H19NO/c1-5-10-7-11(9(3)14)12(4,6-2)8-13-10/h7H,5-6,8H2,1-4H3. The van der Waals surface area contributed by atoms with E-state index in [0.717, 1.165) is 30.7 Å². The number of ketones is 1. The van der Waals surface area contributed by atoms with E-state index in [9.17, 15) is 4.79 Å². The van der Waals surface area contributed by atoms with Gasteiger partial charge < -0.3 is 0 Å². The average Bonchev–Trinajstić information content (AvgIpc) is 2.18. The molecule has 0 N–H and O–H groups in total. The SMILES string of the molecule is CCC1=NCC(C)(CC)C(C(C)=O)=C1. The summed E-state index contributed by atoms with van der Waals surface area (Å²) in [5.74, 6) is 0.190. The van der Waals surface area contributed by atoms with Crippen LogP contribution in [0.25, 0.3) is 0 Å². The summed E-state index contributed by atoms with van der Waals surface area (Å²) >= 11 is 0. The Hall–Kier alpha value is -0.920. The van der Waals surface area contributed by atoms with Crippen LogP contribution in [0.4, 0.5) is 0 Å². The Labute approximate surface area is 86.1 Å². The highest BCUT2D eigenvalue weighted by Crippen LogP contribution is 2.34. The van der Waals surface area contributed by atoms with Crippen LogP contribution in [0.1, 0.15) is 40.5 Å². The molecule has 0 saturated heterocycles. The Bertz CT molecular complexity index is 301. The van der Waals surface area contributed by atoms with Gasteiger partial charge in [0.15, 0.2) is 5.78 Å². The fourth-order valence-corrected chi connectivity index (χ4v) is 1.79. The number of hydrogen-bond donors (Lipinski definition) is 0. The van der Waals surface area contributed by atoms with Crippen LogP contribution < -0.4 is 0 Å². The number of carbonyl (C=O) groups is 1. The lowest BCUT2D eigenvalue weighted by Crippen LogP contribution is -2.30. The molecule has 1 aliphatic rings. The van der Waals surface area contributed by atoms with Gasteiger partial charge >= 0.3 is 0 Å². The lowest BCUT2D eigenvalue weighted by atomic mass is 9.76. The first kappa shape index (κ1) is 11.2. The molecule has 1 atom stereocenters. The van der Waals surface area contributed by atoms with Crippen LogP contribution in [0.5, 0.6) is 0 Å². The van der Waals surface area contributed by atoms with E-state index in [-0.39, 0.29) is 11.2 Å². The molecule has 0 fully saturated rings. The van der Waals surface area contributed by atoms with Crippen molar-refractivity contribution in [2.45, 2.75) is 40.5 Å². The summed E-state index contributed by atoms with van der Waals surface area (Å²) in [5, 5.41) is 0. The van der Waals surface area contributed by atoms with E-state index in [1.165, 1.54) is 0 Å². The molecule has 0 saturated carbocycles. The highest BCUT2D eigenvalue weighted by Gasteiger charge is 2.32. The largest absolute Gasteiger partial charge is 0.295 e. The number of carbonyl (C=O) groups excluding carboxylic acids is 1. The van der Waals surface area contributed by atoms with Crippen molar-refractivity contribution in [3.8, 4) is 0 Å². The summed E-state index contributed by atoms with van der Waals surface area (Å²) in [6, 6.07) is 0. The Balaban J connectivity index is 3.05. The normalized spacial score (nSPS) is 26.9. The molecule has 1 aliphatic heterocycles. The zero-order valence-electron chi connectivity index (χ0n) is 9.55. The van der Waals surface area contributed by atoms with Crippen LogP contribution in [0.3, 0.4) is 0 Å². The first-order valence-corrected chi connectivity index (χ1v) is 5.30. The number of nitrogens with zero attached hydrogens (tertiary/aromatic N) is 1. The van der Waals surface area contributed by atoms with E-state index in [4.69, 9.17) is 0 Å². The summed E-state index contributed by atoms with van der Waals surface area (Å²) in [6.07, 6.45) is 3.87. The molecule has 1 rings (SSSR count). The predicted molar refractivity (Wildman–Crippen MR) is 59.8 cm³/mol. The molecule has 0 aromatic heterocycles. The summed E-state index contributed by atoms with van der Waals surface area (Å²) in [7, 11) is 0. The van der Waals surface area contributed by atoms with Crippen LogP contribution in [0.2, 0.25) is 0 Å². The van der Waals surface area contributed by atoms with Crippen molar-refractivity contribution in [3.05, 3.63) is 11.6 Å². The van der Waals surface area contributed by atoms with Crippen molar-refractivity contribution in [2.24, 2.45) is 10.4 Å².